The molecule has 0 amide bonds. The summed E-state index contributed by atoms with van der Waals surface area (Å²) >= 11 is 0. The summed E-state index contributed by atoms with van der Waals surface area (Å²) in [6.07, 6.45) is 0. The van der Waals surface area contributed by atoms with Crippen molar-refractivity contribution in [2.45, 2.75) is 0 Å². The second-order valence-corrected chi connectivity index (χ2v) is 5.52. The van der Waals surface area contributed by atoms with Gasteiger partial charge in [-0.05, 0) is 47.2 Å². The second-order valence-electron chi connectivity index (χ2n) is 5.52. The molecule has 3 aromatic carbocycles. The van der Waals surface area contributed by atoms with Crippen LogP contribution < -0.4 is 9.47 Å². The summed E-state index contributed by atoms with van der Waals surface area (Å²) in [5.74, 6) is -1.55. The molecule has 0 unspecified atom stereocenters. The van der Waals surface area contributed by atoms with Crippen LogP contribution in [0.4, 0.5) is 0 Å². The van der Waals surface area contributed by atoms with E-state index in [9.17, 15) is 14.7 Å². The highest BCUT2D eigenvalue weighted by atomic mass is 16.5. The van der Waals surface area contributed by atoms with Crippen molar-refractivity contribution in [1.29, 1.82) is 0 Å². The molecule has 3 aromatic rings. The minimum Gasteiger partial charge on any atom is -0.504 e. The van der Waals surface area contributed by atoms with Gasteiger partial charge in [-0.3, -0.25) is 4.79 Å². The van der Waals surface area contributed by atoms with Crippen molar-refractivity contribution in [3.63, 3.8) is 0 Å². The third-order valence-corrected chi connectivity index (χ3v) is 3.75. The number of aliphatic carboxylic acids is 1. The van der Waals surface area contributed by atoms with Crippen LogP contribution in [0.1, 0.15) is 10.4 Å². The van der Waals surface area contributed by atoms with Gasteiger partial charge >= 0.3 is 5.97 Å². The molecule has 0 aliphatic rings. The monoisotopic (exact) mass is 352 g/mol. The van der Waals surface area contributed by atoms with E-state index in [1.54, 1.807) is 12.1 Å². The summed E-state index contributed by atoms with van der Waals surface area (Å²) in [4.78, 5) is 21.9. The molecular weight excluding hydrogens is 336 g/mol. The highest BCUT2D eigenvalue weighted by Gasteiger charge is 2.13. The maximum atomic E-state index is 11.3. The van der Waals surface area contributed by atoms with Gasteiger partial charge < -0.3 is 19.7 Å². The van der Waals surface area contributed by atoms with Gasteiger partial charge in [0.15, 0.2) is 11.5 Å². The molecule has 0 heterocycles. The first kappa shape index (κ1) is 17.3. The molecule has 6 heteroatoms. The molecular formula is C20H16O6. The number of ether oxygens (including phenoxy) is 2. The van der Waals surface area contributed by atoms with Crippen LogP contribution in [0.3, 0.4) is 0 Å². The minimum absolute atomic E-state index is 0.0558. The minimum atomic E-state index is -1.50. The molecule has 6 nitrogen and oxygen atoms in total. The van der Waals surface area contributed by atoms with E-state index in [1.165, 1.54) is 24.3 Å². The quantitative estimate of drug-likeness (QED) is 0.385. The van der Waals surface area contributed by atoms with Gasteiger partial charge in [0.2, 0.25) is 0 Å². The molecule has 0 aliphatic heterocycles. The Morgan fingerprint density at radius 2 is 1.46 bits per heavy atom. The van der Waals surface area contributed by atoms with Crippen LogP contribution in [0.25, 0.3) is 10.8 Å². The number of rotatable bonds is 7. The first-order valence-electron chi connectivity index (χ1n) is 7.89. The Bertz CT molecular complexity index is 946. The Labute approximate surface area is 149 Å². The molecule has 0 bridgehead atoms. The number of aromatic hydroxyl groups is 1. The van der Waals surface area contributed by atoms with E-state index in [-0.39, 0.29) is 24.5 Å². The summed E-state index contributed by atoms with van der Waals surface area (Å²) in [5.41, 5.74) is 0.0854. The summed E-state index contributed by atoms with van der Waals surface area (Å²) in [6, 6.07) is 16.9. The lowest BCUT2D eigenvalue weighted by molar-refractivity contribution is -0.131. The average Bonchev–Trinajstić information content (AvgIpc) is 2.65. The van der Waals surface area contributed by atoms with Crippen molar-refractivity contribution < 1.29 is 29.3 Å². The van der Waals surface area contributed by atoms with Crippen LogP contribution in [0.15, 0.2) is 60.7 Å². The highest BCUT2D eigenvalue weighted by molar-refractivity contribution is 6.39. The standard InChI is InChI=1S/C20H16O6/c21-17-11-14-3-1-2-4-15(14)12-18(17)26-10-9-25-16-7-5-13(6-8-16)19(22)20(23)24/h1-8,11-12,21H,9-10H2,(H,23,24). The Hall–Kier alpha value is -3.54. The largest absolute Gasteiger partial charge is 0.504 e. The van der Waals surface area contributed by atoms with Gasteiger partial charge in [-0.1, -0.05) is 24.3 Å². The highest BCUT2D eigenvalue weighted by Crippen LogP contribution is 2.31. The van der Waals surface area contributed by atoms with E-state index in [0.717, 1.165) is 10.8 Å². The fraction of sp³-hybridized carbons (Fsp3) is 0.100. The van der Waals surface area contributed by atoms with Crippen molar-refractivity contribution in [1.82, 2.24) is 0 Å². The number of hydrogen-bond acceptors (Lipinski definition) is 5. The first-order valence-corrected chi connectivity index (χ1v) is 7.89. The molecule has 0 fully saturated rings. The summed E-state index contributed by atoms with van der Waals surface area (Å²) in [6.45, 7) is 0.431. The number of benzene rings is 3. The van der Waals surface area contributed by atoms with Crippen molar-refractivity contribution >= 4 is 22.5 Å². The van der Waals surface area contributed by atoms with E-state index in [2.05, 4.69) is 0 Å². The van der Waals surface area contributed by atoms with Crippen LogP contribution in [0.2, 0.25) is 0 Å². The van der Waals surface area contributed by atoms with Crippen LogP contribution in [0.5, 0.6) is 17.2 Å². The number of phenols is 1. The molecule has 26 heavy (non-hydrogen) atoms. The molecule has 0 spiro atoms. The van der Waals surface area contributed by atoms with Crippen molar-refractivity contribution in [2.75, 3.05) is 13.2 Å². The molecule has 0 saturated heterocycles. The normalized spacial score (nSPS) is 10.5. The SMILES string of the molecule is O=C(O)C(=O)c1ccc(OCCOc2cc3ccccc3cc2O)cc1. The lowest BCUT2D eigenvalue weighted by Crippen LogP contribution is -2.12. The van der Waals surface area contributed by atoms with Gasteiger partial charge in [-0.2, -0.15) is 0 Å². The van der Waals surface area contributed by atoms with Crippen LogP contribution >= 0.6 is 0 Å². The third-order valence-electron chi connectivity index (χ3n) is 3.75. The second kappa shape index (κ2) is 7.57. The molecule has 0 aromatic heterocycles. The molecule has 0 saturated carbocycles. The van der Waals surface area contributed by atoms with Gasteiger partial charge in [-0.25, -0.2) is 4.79 Å². The molecule has 0 atom stereocenters. The molecule has 3 rings (SSSR count). The van der Waals surface area contributed by atoms with Gasteiger partial charge in [0.25, 0.3) is 5.78 Å². The number of carboxylic acid groups (broad SMARTS) is 1. The summed E-state index contributed by atoms with van der Waals surface area (Å²) in [7, 11) is 0. The molecule has 132 valence electrons. The fourth-order valence-electron chi connectivity index (χ4n) is 2.46. The maximum absolute atomic E-state index is 11.3. The molecule has 0 radical (unpaired) electrons. The van der Waals surface area contributed by atoms with E-state index < -0.39 is 11.8 Å². The summed E-state index contributed by atoms with van der Waals surface area (Å²) < 4.78 is 11.0. The number of hydrogen-bond donors (Lipinski definition) is 2. The predicted octanol–water partition coefficient (Wildman–Crippen LogP) is 3.27. The Balaban J connectivity index is 1.55. The predicted molar refractivity (Wildman–Crippen MR) is 95.0 cm³/mol. The van der Waals surface area contributed by atoms with Crippen molar-refractivity contribution in [2.24, 2.45) is 0 Å². The van der Waals surface area contributed by atoms with Crippen molar-refractivity contribution in [3.8, 4) is 17.2 Å². The Kier molecular flexibility index (Phi) is 5.03. The van der Waals surface area contributed by atoms with E-state index in [1.807, 2.05) is 24.3 Å². The lowest BCUT2D eigenvalue weighted by atomic mass is 10.1. The zero-order chi connectivity index (χ0) is 18.5. The molecule has 0 aliphatic carbocycles. The number of ketones is 1. The van der Waals surface area contributed by atoms with Crippen molar-refractivity contribution in [3.05, 3.63) is 66.2 Å². The smallest absolute Gasteiger partial charge is 0.377 e. The lowest BCUT2D eigenvalue weighted by Gasteiger charge is -2.11. The number of fused-ring (bicyclic) bond motifs is 1. The Morgan fingerprint density at radius 1 is 0.846 bits per heavy atom. The van der Waals surface area contributed by atoms with E-state index in [0.29, 0.717) is 11.5 Å². The van der Waals surface area contributed by atoms with Gasteiger partial charge in [-0.15, -0.1) is 0 Å². The van der Waals surface area contributed by atoms with Gasteiger partial charge in [0.1, 0.15) is 19.0 Å². The van der Waals surface area contributed by atoms with E-state index >= 15 is 0 Å². The third kappa shape index (κ3) is 3.92. The number of phenolic OH excluding ortho intramolecular Hbond substituents is 1. The number of carbonyl (C=O) groups is 2. The topological polar surface area (TPSA) is 93.1 Å². The van der Waals surface area contributed by atoms with Crippen LogP contribution in [-0.2, 0) is 4.79 Å². The van der Waals surface area contributed by atoms with Gasteiger partial charge in [0.05, 0.1) is 0 Å². The Morgan fingerprint density at radius 3 is 2.12 bits per heavy atom. The van der Waals surface area contributed by atoms with Crippen LogP contribution in [-0.4, -0.2) is 35.2 Å². The first-order chi connectivity index (χ1) is 12.5. The molecule has 2 N–H and O–H groups in total. The van der Waals surface area contributed by atoms with Crippen LogP contribution in [0, 0.1) is 0 Å². The number of carbonyl (C=O) groups excluding carboxylic acids is 1. The average molecular weight is 352 g/mol. The number of Topliss-reactive ketones (excluding diaryl/α,β-unsaturated/α-hetero) is 1. The maximum Gasteiger partial charge on any atom is 0.377 e. The fourth-order valence-corrected chi connectivity index (χ4v) is 2.46. The zero-order valence-electron chi connectivity index (χ0n) is 13.7. The van der Waals surface area contributed by atoms with Gasteiger partial charge in [0, 0.05) is 5.56 Å². The van der Waals surface area contributed by atoms with E-state index in [4.69, 9.17) is 14.6 Å². The number of carboxylic acids is 1. The zero-order valence-corrected chi connectivity index (χ0v) is 13.7. The summed E-state index contributed by atoms with van der Waals surface area (Å²) in [5, 5.41) is 20.5.